The van der Waals surface area contributed by atoms with Crippen LogP contribution in [0.5, 0.6) is 0 Å². The van der Waals surface area contributed by atoms with Gasteiger partial charge in [-0.3, -0.25) is 4.79 Å². The average molecular weight is 121 g/mol. The van der Waals surface area contributed by atoms with Gasteiger partial charge in [-0.05, 0) is 5.92 Å². The van der Waals surface area contributed by atoms with Crippen molar-refractivity contribution in [2.75, 3.05) is 0 Å². The van der Waals surface area contributed by atoms with E-state index < -0.39 is 24.8 Å². The van der Waals surface area contributed by atoms with Crippen molar-refractivity contribution in [1.82, 2.24) is 0 Å². The van der Waals surface area contributed by atoms with Crippen molar-refractivity contribution in [1.29, 1.82) is 0 Å². The highest BCUT2D eigenvalue weighted by molar-refractivity contribution is 5.73. The molecule has 0 bridgehead atoms. The molecule has 0 aliphatic carbocycles. The maximum atomic E-state index is 10.2. The highest BCUT2D eigenvalue weighted by atomic mass is 16.4. The molecular formula is C5H11NO2. The molecule has 0 rings (SSSR count). The van der Waals surface area contributed by atoms with Crippen LogP contribution in [0.2, 0.25) is 0 Å². The van der Waals surface area contributed by atoms with Crippen LogP contribution in [0.3, 0.4) is 0 Å². The first-order valence-corrected chi connectivity index (χ1v) is 2.25. The zero-order valence-electron chi connectivity index (χ0n) is 7.59. The van der Waals surface area contributed by atoms with Crippen LogP contribution < -0.4 is 5.73 Å². The van der Waals surface area contributed by atoms with Crippen molar-refractivity contribution in [3.8, 4) is 0 Å². The van der Waals surface area contributed by atoms with Crippen LogP contribution in [0.15, 0.2) is 0 Å². The Hall–Kier alpha value is -0.570. The van der Waals surface area contributed by atoms with Gasteiger partial charge in [-0.15, -0.1) is 0 Å². The molecule has 0 heterocycles. The molecule has 0 radical (unpaired) electrons. The molecule has 0 aromatic rings. The molecule has 0 saturated carbocycles. The average Bonchev–Trinajstić information content (AvgIpc) is 1.82. The van der Waals surface area contributed by atoms with Gasteiger partial charge in [-0.1, -0.05) is 13.8 Å². The van der Waals surface area contributed by atoms with Gasteiger partial charge < -0.3 is 10.8 Å². The van der Waals surface area contributed by atoms with Crippen LogP contribution in [0, 0.1) is 5.92 Å². The minimum atomic E-state index is -2.29. The quantitative estimate of drug-likeness (QED) is 0.507. The molecular weight excluding hydrogens is 107 g/mol. The van der Waals surface area contributed by atoms with Crippen LogP contribution in [-0.4, -0.2) is 17.1 Å². The van der Waals surface area contributed by atoms with Gasteiger partial charge in [0, 0.05) is 4.11 Å². The summed E-state index contributed by atoms with van der Waals surface area (Å²) in [6.07, 6.45) is 0. The van der Waals surface area contributed by atoms with E-state index in [4.69, 9.17) is 15.0 Å². The molecule has 0 amide bonds. The zero-order chi connectivity index (χ0) is 9.23. The molecule has 0 aliphatic rings. The molecule has 2 atom stereocenters. The first kappa shape index (κ1) is 3.45. The lowest BCUT2D eigenvalue weighted by Gasteiger charge is -2.07. The second kappa shape index (κ2) is 2.67. The minimum absolute atomic E-state index is 1.01. The number of hydrogen-bond donors (Lipinski definition) is 2. The van der Waals surface area contributed by atoms with Gasteiger partial charge in [0.2, 0.25) is 0 Å². The Labute approximate surface area is 52.7 Å². The second-order valence-corrected chi connectivity index (χ2v) is 1.65. The Balaban J connectivity index is 4.25. The van der Waals surface area contributed by atoms with E-state index >= 15 is 0 Å². The number of carbonyl (C=O) groups is 1. The third kappa shape index (κ3) is 1.93. The van der Waals surface area contributed by atoms with Crippen LogP contribution >= 0.6 is 0 Å². The molecule has 0 aromatic heterocycles. The summed E-state index contributed by atoms with van der Waals surface area (Å²) in [5, 5.41) is 8.34. The van der Waals surface area contributed by atoms with Gasteiger partial charge in [0.05, 0.1) is 0 Å². The molecule has 1 unspecified atom stereocenters. The lowest BCUT2D eigenvalue weighted by atomic mass is 10.1. The SMILES string of the molecule is [2H]C([2H])([2H])C(C)[C@H]([15NH2])C(=O)O. The summed E-state index contributed by atoms with van der Waals surface area (Å²) in [4.78, 5) is 10.2. The fourth-order valence-electron chi connectivity index (χ4n) is 0.214. The number of carboxylic acids is 1. The summed E-state index contributed by atoms with van der Waals surface area (Å²) >= 11 is 0. The molecule has 0 spiro atoms. The molecule has 0 aliphatic heterocycles. The Morgan fingerprint density at radius 3 is 2.62 bits per heavy atom. The largest absolute Gasteiger partial charge is 0.480 e. The monoisotopic (exact) mass is 121 g/mol. The highest BCUT2D eigenvalue weighted by Gasteiger charge is 2.14. The summed E-state index contributed by atoms with van der Waals surface area (Å²) in [6, 6.07) is -1.32. The minimum Gasteiger partial charge on any atom is -0.480 e. The maximum Gasteiger partial charge on any atom is 0.320 e. The van der Waals surface area contributed by atoms with Crippen LogP contribution in [0.1, 0.15) is 17.9 Å². The molecule has 0 fully saturated rings. The Kier molecular flexibility index (Phi) is 1.15. The number of rotatable bonds is 2. The Morgan fingerprint density at radius 2 is 2.50 bits per heavy atom. The van der Waals surface area contributed by atoms with Gasteiger partial charge in [0.25, 0.3) is 0 Å². The van der Waals surface area contributed by atoms with Gasteiger partial charge in [0.15, 0.2) is 0 Å². The van der Waals surface area contributed by atoms with E-state index in [1.54, 1.807) is 0 Å². The standard InChI is InChI=1S/C5H11NO2/c1-3(2)4(6)5(7)8/h3-4H,6H2,1-2H3,(H,7,8)/t4-/m0/s1/i1D3,6+1/t3?,4-. The van der Waals surface area contributed by atoms with E-state index in [-0.39, 0.29) is 0 Å². The topological polar surface area (TPSA) is 63.3 Å². The van der Waals surface area contributed by atoms with Crippen molar-refractivity contribution in [3.63, 3.8) is 0 Å². The molecule has 48 valence electrons. The van der Waals surface area contributed by atoms with Crippen LogP contribution in [-0.2, 0) is 4.79 Å². The number of nitrogens with two attached hydrogens (primary N) is 1. The molecule has 0 saturated heterocycles. The summed E-state index contributed by atoms with van der Waals surface area (Å²) in [6.45, 7) is -0.996. The number of carboxylic acid groups (broad SMARTS) is 1. The fourth-order valence-corrected chi connectivity index (χ4v) is 0.214. The summed E-state index contributed by atoms with van der Waals surface area (Å²) in [7, 11) is 0. The normalized spacial score (nSPS) is 24.5. The fraction of sp³-hybridized carbons (Fsp3) is 0.800. The van der Waals surface area contributed by atoms with E-state index in [0.717, 1.165) is 0 Å². The molecule has 3 heteroatoms. The summed E-state index contributed by atoms with van der Waals surface area (Å²) < 4.78 is 20.6. The van der Waals surface area contributed by atoms with Gasteiger partial charge >= 0.3 is 5.97 Å². The smallest absolute Gasteiger partial charge is 0.320 e. The van der Waals surface area contributed by atoms with Crippen molar-refractivity contribution in [2.45, 2.75) is 19.8 Å². The maximum absolute atomic E-state index is 10.2. The number of hydrogen-bond acceptors (Lipinski definition) is 2. The molecule has 3 nitrogen and oxygen atoms in total. The molecule has 8 heavy (non-hydrogen) atoms. The van der Waals surface area contributed by atoms with E-state index in [1.807, 2.05) is 0 Å². The van der Waals surface area contributed by atoms with E-state index in [9.17, 15) is 4.79 Å². The molecule has 0 aromatic carbocycles. The summed E-state index contributed by atoms with van der Waals surface area (Å²) in [5.41, 5.74) is 5.09. The third-order valence-electron chi connectivity index (χ3n) is 0.824. The summed E-state index contributed by atoms with van der Waals surface area (Å²) in [5.74, 6) is -2.30. The van der Waals surface area contributed by atoms with Crippen LogP contribution in [0.25, 0.3) is 0 Å². The third-order valence-corrected chi connectivity index (χ3v) is 0.824. The number of aliphatic carboxylic acids is 1. The Morgan fingerprint density at radius 1 is 2.00 bits per heavy atom. The predicted octanol–water partition coefficient (Wildman–Crippen LogP) is 0.0543. The van der Waals surface area contributed by atoms with Crippen LogP contribution in [0.4, 0.5) is 0 Å². The second-order valence-electron chi connectivity index (χ2n) is 1.65. The molecule has 3 N–H and O–H groups in total. The van der Waals surface area contributed by atoms with Crippen molar-refractivity contribution < 1.29 is 14.0 Å². The van der Waals surface area contributed by atoms with Gasteiger partial charge in [-0.25, -0.2) is 0 Å². The first-order valence-electron chi connectivity index (χ1n) is 3.75. The lowest BCUT2D eigenvalue weighted by Crippen LogP contribution is -2.34. The van der Waals surface area contributed by atoms with Crippen molar-refractivity contribution >= 4 is 5.97 Å². The van der Waals surface area contributed by atoms with E-state index in [0.29, 0.717) is 0 Å². The van der Waals surface area contributed by atoms with Gasteiger partial charge in [-0.2, -0.15) is 0 Å². The van der Waals surface area contributed by atoms with Crippen molar-refractivity contribution in [2.24, 2.45) is 11.7 Å². The van der Waals surface area contributed by atoms with Crippen molar-refractivity contribution in [3.05, 3.63) is 0 Å². The van der Waals surface area contributed by atoms with E-state index in [2.05, 4.69) is 0 Å². The zero-order valence-corrected chi connectivity index (χ0v) is 4.59. The van der Waals surface area contributed by atoms with Gasteiger partial charge in [0.1, 0.15) is 6.04 Å². The first-order chi connectivity index (χ1) is 4.76. The predicted molar refractivity (Wildman–Crippen MR) is 30.4 cm³/mol. The Bertz CT molecular complexity index is 156. The van der Waals surface area contributed by atoms with E-state index in [1.165, 1.54) is 6.92 Å². The lowest BCUT2D eigenvalue weighted by molar-refractivity contribution is -0.139. The highest BCUT2D eigenvalue weighted by Crippen LogP contribution is 1.96.